The number of carbonyl (C=O) groups excluding carboxylic acids is 1. The van der Waals surface area contributed by atoms with Crippen LogP contribution in [0.15, 0.2) is 53.4 Å². The van der Waals surface area contributed by atoms with Gasteiger partial charge in [-0.3, -0.25) is 4.79 Å². The summed E-state index contributed by atoms with van der Waals surface area (Å²) in [6.45, 7) is 1.86. The van der Waals surface area contributed by atoms with Crippen LogP contribution in [-0.2, 0) is 20.4 Å². The molecule has 0 saturated carbocycles. The molecule has 26 heavy (non-hydrogen) atoms. The third-order valence-electron chi connectivity index (χ3n) is 3.77. The highest BCUT2D eigenvalue weighted by Gasteiger charge is 2.12. The minimum Gasteiger partial charge on any atom is -0.349 e. The molecule has 2 rings (SSSR count). The maximum atomic E-state index is 12.1. The molecule has 1 amide bonds. The summed E-state index contributed by atoms with van der Waals surface area (Å²) in [5.41, 5.74) is 2.53. The van der Waals surface area contributed by atoms with E-state index in [4.69, 9.17) is 5.26 Å². The molecule has 0 radical (unpaired) electrons. The lowest BCUT2D eigenvalue weighted by Gasteiger charge is -2.14. The molecule has 2 aromatic carbocycles. The van der Waals surface area contributed by atoms with Gasteiger partial charge in [-0.15, -0.1) is 11.8 Å². The Labute approximate surface area is 158 Å². The van der Waals surface area contributed by atoms with Gasteiger partial charge >= 0.3 is 0 Å². The van der Waals surface area contributed by atoms with Crippen LogP contribution >= 0.6 is 11.8 Å². The first-order valence-corrected chi connectivity index (χ1v) is 11.0. The van der Waals surface area contributed by atoms with Crippen molar-refractivity contribution in [3.8, 4) is 6.07 Å². The Bertz CT molecular complexity index is 899. The van der Waals surface area contributed by atoms with Crippen molar-refractivity contribution in [1.29, 1.82) is 5.26 Å². The van der Waals surface area contributed by atoms with E-state index in [2.05, 4.69) is 11.4 Å². The van der Waals surface area contributed by atoms with E-state index in [0.29, 0.717) is 17.1 Å². The van der Waals surface area contributed by atoms with Gasteiger partial charge < -0.3 is 5.32 Å². The lowest BCUT2D eigenvalue weighted by atomic mass is 10.1. The monoisotopic (exact) mass is 388 g/mol. The first-order chi connectivity index (χ1) is 12.3. The normalized spacial score (nSPS) is 12.2. The van der Waals surface area contributed by atoms with Crippen LogP contribution in [0.5, 0.6) is 0 Å². The predicted molar refractivity (Wildman–Crippen MR) is 103 cm³/mol. The van der Waals surface area contributed by atoms with Crippen LogP contribution in [0, 0.1) is 11.3 Å². The van der Waals surface area contributed by atoms with Crippen molar-refractivity contribution >= 4 is 27.5 Å². The first kappa shape index (κ1) is 20.0. The number of nitrogens with one attached hydrogen (secondary N) is 1. The number of nitrogens with zero attached hydrogens (tertiary/aromatic N) is 1. The molecule has 0 heterocycles. The minimum absolute atomic E-state index is 0.0802. The lowest BCUT2D eigenvalue weighted by molar-refractivity contribution is -0.119. The fourth-order valence-corrected chi connectivity index (χ4v) is 3.74. The number of benzene rings is 2. The van der Waals surface area contributed by atoms with Gasteiger partial charge in [0.15, 0.2) is 9.84 Å². The van der Waals surface area contributed by atoms with Crippen LogP contribution in [0.25, 0.3) is 0 Å². The average Bonchev–Trinajstić information content (AvgIpc) is 2.61. The van der Waals surface area contributed by atoms with Gasteiger partial charge in [-0.05, 0) is 42.3 Å². The molecule has 0 aliphatic rings. The van der Waals surface area contributed by atoms with Gasteiger partial charge in [-0.25, -0.2) is 8.42 Å². The average molecular weight is 389 g/mol. The van der Waals surface area contributed by atoms with E-state index in [1.165, 1.54) is 11.8 Å². The number of hydrogen-bond acceptors (Lipinski definition) is 5. The summed E-state index contributed by atoms with van der Waals surface area (Å²) < 4.78 is 22.9. The highest BCUT2D eigenvalue weighted by Crippen LogP contribution is 2.17. The van der Waals surface area contributed by atoms with Crippen molar-refractivity contribution in [3.63, 3.8) is 0 Å². The quantitative estimate of drug-likeness (QED) is 0.788. The molecule has 0 aliphatic heterocycles. The Kier molecular flexibility index (Phi) is 6.83. The van der Waals surface area contributed by atoms with Gasteiger partial charge in [0.2, 0.25) is 5.91 Å². The summed E-state index contributed by atoms with van der Waals surface area (Å²) in [5, 5.41) is 11.7. The van der Waals surface area contributed by atoms with Crippen LogP contribution in [0.4, 0.5) is 0 Å². The van der Waals surface area contributed by atoms with Gasteiger partial charge in [0.1, 0.15) is 0 Å². The Morgan fingerprint density at radius 1 is 1.15 bits per heavy atom. The molecule has 1 N–H and O–H groups in total. The molecule has 5 nitrogen and oxygen atoms in total. The molecule has 0 saturated heterocycles. The fourth-order valence-electron chi connectivity index (χ4n) is 2.31. The smallest absolute Gasteiger partial charge is 0.230 e. The Morgan fingerprint density at radius 3 is 2.31 bits per heavy atom. The molecule has 1 unspecified atom stereocenters. The van der Waals surface area contributed by atoms with Crippen molar-refractivity contribution in [2.24, 2.45) is 0 Å². The number of rotatable bonds is 7. The molecular weight excluding hydrogens is 368 g/mol. The number of nitriles is 1. The van der Waals surface area contributed by atoms with Crippen LogP contribution in [-0.4, -0.2) is 26.3 Å². The highest BCUT2D eigenvalue weighted by molar-refractivity contribution is 7.99. The second-order valence-corrected chi connectivity index (χ2v) is 8.93. The molecular formula is C19H20N2O3S2. The summed E-state index contributed by atoms with van der Waals surface area (Å²) in [6, 6.07) is 15.7. The molecule has 0 spiro atoms. The molecule has 0 bridgehead atoms. The summed E-state index contributed by atoms with van der Waals surface area (Å²) in [4.78, 5) is 12.3. The van der Waals surface area contributed by atoms with Gasteiger partial charge in [0, 0.05) is 12.0 Å². The Balaban J connectivity index is 1.82. The third kappa shape index (κ3) is 5.90. The molecule has 0 aliphatic carbocycles. The molecule has 1 atom stereocenters. The Hall–Kier alpha value is -2.30. The maximum Gasteiger partial charge on any atom is 0.230 e. The number of sulfone groups is 1. The van der Waals surface area contributed by atoms with Crippen LogP contribution in [0.1, 0.15) is 29.7 Å². The number of hydrogen-bond donors (Lipinski definition) is 1. The van der Waals surface area contributed by atoms with E-state index >= 15 is 0 Å². The number of carbonyl (C=O) groups is 1. The van der Waals surface area contributed by atoms with Crippen molar-refractivity contribution < 1.29 is 13.2 Å². The molecule has 0 fully saturated rings. The van der Waals surface area contributed by atoms with E-state index in [0.717, 1.165) is 17.4 Å². The summed E-state index contributed by atoms with van der Waals surface area (Å²) >= 11 is 1.50. The fraction of sp³-hybridized carbons (Fsp3) is 0.263. The first-order valence-electron chi connectivity index (χ1n) is 7.96. The molecule has 0 aromatic heterocycles. The summed E-state index contributed by atoms with van der Waals surface area (Å²) in [6.07, 6.45) is 1.16. The molecule has 2 aromatic rings. The summed E-state index contributed by atoms with van der Waals surface area (Å²) in [5.74, 6) is 0.936. The van der Waals surface area contributed by atoms with Crippen LogP contribution < -0.4 is 5.32 Å². The molecule has 7 heteroatoms. The minimum atomic E-state index is -3.22. The van der Waals surface area contributed by atoms with E-state index in [1.807, 2.05) is 19.1 Å². The van der Waals surface area contributed by atoms with Gasteiger partial charge in [0.05, 0.1) is 28.3 Å². The topological polar surface area (TPSA) is 87.0 Å². The SMILES string of the molecule is CC(NC(=O)CSCc1ccc(C#N)cc1)c1ccc(S(C)(=O)=O)cc1. The number of amides is 1. The zero-order valence-corrected chi connectivity index (χ0v) is 16.2. The zero-order valence-electron chi connectivity index (χ0n) is 14.6. The van der Waals surface area contributed by atoms with E-state index in [-0.39, 0.29) is 16.8 Å². The highest BCUT2D eigenvalue weighted by atomic mass is 32.2. The lowest BCUT2D eigenvalue weighted by Crippen LogP contribution is -2.28. The molecule has 136 valence electrons. The van der Waals surface area contributed by atoms with Gasteiger partial charge in [-0.2, -0.15) is 5.26 Å². The standard InChI is InChI=1S/C19H20N2O3S2/c1-14(17-7-9-18(10-8-17)26(2,23)24)21-19(22)13-25-12-16-5-3-15(11-20)4-6-16/h3-10,14H,12-13H2,1-2H3,(H,21,22). The van der Waals surface area contributed by atoms with E-state index in [1.54, 1.807) is 36.4 Å². The van der Waals surface area contributed by atoms with E-state index < -0.39 is 9.84 Å². The predicted octanol–water partition coefficient (Wildman–Crippen LogP) is 3.07. The Morgan fingerprint density at radius 2 is 1.77 bits per heavy atom. The van der Waals surface area contributed by atoms with Gasteiger partial charge in [0.25, 0.3) is 0 Å². The largest absolute Gasteiger partial charge is 0.349 e. The third-order valence-corrected chi connectivity index (χ3v) is 5.90. The zero-order chi connectivity index (χ0) is 19.2. The van der Waals surface area contributed by atoms with Crippen molar-refractivity contribution in [2.75, 3.05) is 12.0 Å². The van der Waals surface area contributed by atoms with Crippen molar-refractivity contribution in [3.05, 3.63) is 65.2 Å². The second-order valence-electron chi connectivity index (χ2n) is 5.93. The van der Waals surface area contributed by atoms with Crippen LogP contribution in [0.2, 0.25) is 0 Å². The van der Waals surface area contributed by atoms with Crippen LogP contribution in [0.3, 0.4) is 0 Å². The summed E-state index contributed by atoms with van der Waals surface area (Å²) in [7, 11) is -3.22. The van der Waals surface area contributed by atoms with Gasteiger partial charge in [-0.1, -0.05) is 24.3 Å². The maximum absolute atomic E-state index is 12.1. The second kappa shape index (κ2) is 8.88. The number of thioether (sulfide) groups is 1. The van der Waals surface area contributed by atoms with Crippen molar-refractivity contribution in [1.82, 2.24) is 5.32 Å². The van der Waals surface area contributed by atoms with E-state index in [9.17, 15) is 13.2 Å². The van der Waals surface area contributed by atoms with Crippen molar-refractivity contribution in [2.45, 2.75) is 23.6 Å².